The molecule has 0 atom stereocenters. The number of hydrogen-bond donors (Lipinski definition) is 1. The van der Waals surface area contributed by atoms with E-state index in [0.717, 1.165) is 12.8 Å². The Morgan fingerprint density at radius 3 is 2.50 bits per heavy atom. The minimum absolute atomic E-state index is 0.0605. The molecule has 182 valence electrons. The zero-order chi connectivity index (χ0) is 24.6. The third-order valence-corrected chi connectivity index (χ3v) is 7.23. The van der Waals surface area contributed by atoms with Crippen LogP contribution in [0.4, 0.5) is 5.69 Å². The minimum Gasteiger partial charge on any atom is -0.493 e. The Morgan fingerprint density at radius 2 is 1.82 bits per heavy atom. The van der Waals surface area contributed by atoms with E-state index in [2.05, 4.69) is 5.32 Å². The van der Waals surface area contributed by atoms with Crippen LogP contribution < -0.4 is 19.5 Å². The summed E-state index contributed by atoms with van der Waals surface area (Å²) in [6.07, 6.45) is 2.27. The SMILES string of the molecule is CCOc1ccc(NC(=O)CCCOc2ccc(C#N)cc2OC)cc1S(=O)(=O)N1CCCC1. The van der Waals surface area contributed by atoms with Crippen molar-refractivity contribution < 1.29 is 27.4 Å². The van der Waals surface area contributed by atoms with Crippen LogP contribution >= 0.6 is 0 Å². The smallest absolute Gasteiger partial charge is 0.246 e. The summed E-state index contributed by atoms with van der Waals surface area (Å²) < 4.78 is 44.1. The van der Waals surface area contributed by atoms with Crippen molar-refractivity contribution in [1.82, 2.24) is 4.31 Å². The Balaban J connectivity index is 1.60. The Kier molecular flexibility index (Phi) is 8.73. The maximum Gasteiger partial charge on any atom is 0.246 e. The third kappa shape index (κ3) is 6.18. The van der Waals surface area contributed by atoms with Gasteiger partial charge in [-0.1, -0.05) is 0 Å². The van der Waals surface area contributed by atoms with E-state index in [1.54, 1.807) is 37.3 Å². The summed E-state index contributed by atoms with van der Waals surface area (Å²) in [5, 5.41) is 11.7. The van der Waals surface area contributed by atoms with Crippen molar-refractivity contribution in [1.29, 1.82) is 5.26 Å². The van der Waals surface area contributed by atoms with Gasteiger partial charge in [-0.15, -0.1) is 0 Å². The largest absolute Gasteiger partial charge is 0.493 e. The molecule has 1 heterocycles. The maximum atomic E-state index is 13.1. The molecule has 10 heteroatoms. The van der Waals surface area contributed by atoms with Gasteiger partial charge in [0.05, 0.1) is 32.0 Å². The lowest BCUT2D eigenvalue weighted by Crippen LogP contribution is -2.28. The summed E-state index contributed by atoms with van der Waals surface area (Å²) in [4.78, 5) is 12.5. The van der Waals surface area contributed by atoms with Gasteiger partial charge in [-0.3, -0.25) is 4.79 Å². The molecule has 0 saturated carbocycles. The van der Waals surface area contributed by atoms with Crippen LogP contribution in [0.5, 0.6) is 17.2 Å². The van der Waals surface area contributed by atoms with Crippen LogP contribution in [0.2, 0.25) is 0 Å². The predicted octanol–water partition coefficient (Wildman–Crippen LogP) is 3.55. The first-order valence-corrected chi connectivity index (χ1v) is 12.6. The lowest BCUT2D eigenvalue weighted by Gasteiger charge is -2.19. The predicted molar refractivity (Wildman–Crippen MR) is 127 cm³/mol. The Bertz CT molecular complexity index is 1150. The monoisotopic (exact) mass is 487 g/mol. The van der Waals surface area contributed by atoms with Crippen LogP contribution in [-0.4, -0.2) is 52.0 Å². The molecule has 1 fully saturated rings. The van der Waals surface area contributed by atoms with Gasteiger partial charge in [0.2, 0.25) is 15.9 Å². The highest BCUT2D eigenvalue weighted by Crippen LogP contribution is 2.32. The number of anilines is 1. The first-order valence-electron chi connectivity index (χ1n) is 11.2. The van der Waals surface area contributed by atoms with E-state index in [1.807, 2.05) is 6.07 Å². The van der Waals surface area contributed by atoms with E-state index in [1.165, 1.54) is 17.5 Å². The highest BCUT2D eigenvalue weighted by atomic mass is 32.2. The second kappa shape index (κ2) is 11.7. The molecule has 34 heavy (non-hydrogen) atoms. The molecule has 0 radical (unpaired) electrons. The van der Waals surface area contributed by atoms with Gasteiger partial charge < -0.3 is 19.5 Å². The van der Waals surface area contributed by atoms with Crippen molar-refractivity contribution in [3.05, 3.63) is 42.0 Å². The van der Waals surface area contributed by atoms with Gasteiger partial charge in [-0.25, -0.2) is 8.42 Å². The Morgan fingerprint density at radius 1 is 1.09 bits per heavy atom. The fourth-order valence-electron chi connectivity index (χ4n) is 3.62. The molecule has 9 nitrogen and oxygen atoms in total. The molecule has 1 amide bonds. The summed E-state index contributed by atoms with van der Waals surface area (Å²) in [5.41, 5.74) is 0.853. The maximum absolute atomic E-state index is 13.1. The highest BCUT2D eigenvalue weighted by Gasteiger charge is 2.30. The summed E-state index contributed by atoms with van der Waals surface area (Å²) in [6, 6.07) is 11.6. The average Bonchev–Trinajstić information content (AvgIpc) is 3.39. The van der Waals surface area contributed by atoms with Crippen LogP contribution in [0.15, 0.2) is 41.3 Å². The van der Waals surface area contributed by atoms with Gasteiger partial charge in [0.15, 0.2) is 11.5 Å². The number of ether oxygens (including phenoxy) is 3. The number of rotatable bonds is 11. The molecule has 3 rings (SSSR count). The molecule has 2 aromatic carbocycles. The molecule has 0 bridgehead atoms. The van der Waals surface area contributed by atoms with Crippen molar-refractivity contribution in [3.8, 4) is 23.3 Å². The molecule has 1 aliphatic heterocycles. The quantitative estimate of drug-likeness (QED) is 0.482. The molecule has 0 spiro atoms. The average molecular weight is 488 g/mol. The second-order valence-electron chi connectivity index (χ2n) is 7.68. The molecular weight excluding hydrogens is 458 g/mol. The number of nitriles is 1. The first-order chi connectivity index (χ1) is 16.4. The topological polar surface area (TPSA) is 118 Å². The summed E-state index contributed by atoms with van der Waals surface area (Å²) in [7, 11) is -2.22. The van der Waals surface area contributed by atoms with Crippen LogP contribution in [0, 0.1) is 11.3 Å². The lowest BCUT2D eigenvalue weighted by atomic mass is 10.2. The minimum atomic E-state index is -3.71. The number of methoxy groups -OCH3 is 1. The highest BCUT2D eigenvalue weighted by molar-refractivity contribution is 7.89. The number of nitrogens with one attached hydrogen (secondary N) is 1. The van der Waals surface area contributed by atoms with Gasteiger partial charge in [-0.2, -0.15) is 9.57 Å². The fourth-order valence-corrected chi connectivity index (χ4v) is 5.30. The van der Waals surface area contributed by atoms with Crippen LogP contribution in [0.1, 0.15) is 38.2 Å². The third-order valence-electron chi connectivity index (χ3n) is 5.31. The van der Waals surface area contributed by atoms with E-state index < -0.39 is 10.0 Å². The lowest BCUT2D eigenvalue weighted by molar-refractivity contribution is -0.116. The number of amides is 1. The standard InChI is InChI=1S/C24H29N3O6S/c1-3-32-21-11-9-19(16-23(21)34(29,30)27-12-4-5-13-27)26-24(28)7-6-14-33-20-10-8-18(17-25)15-22(20)31-2/h8-11,15-16H,3-7,12-14H2,1-2H3,(H,26,28). The Labute approximate surface area is 200 Å². The van der Waals surface area contributed by atoms with Gasteiger partial charge in [0, 0.05) is 31.3 Å². The molecular formula is C24H29N3O6S. The van der Waals surface area contributed by atoms with E-state index in [-0.39, 0.29) is 29.6 Å². The summed E-state index contributed by atoms with van der Waals surface area (Å²) >= 11 is 0. The van der Waals surface area contributed by atoms with Gasteiger partial charge >= 0.3 is 0 Å². The Hall–Kier alpha value is -3.29. The van der Waals surface area contributed by atoms with Crippen molar-refractivity contribution in [3.63, 3.8) is 0 Å². The van der Waals surface area contributed by atoms with Gasteiger partial charge in [0.25, 0.3) is 0 Å². The molecule has 0 unspecified atom stereocenters. The van der Waals surface area contributed by atoms with Crippen LogP contribution in [0.25, 0.3) is 0 Å². The zero-order valence-corrected chi connectivity index (χ0v) is 20.2. The van der Waals surface area contributed by atoms with Crippen LogP contribution in [-0.2, 0) is 14.8 Å². The molecule has 0 aliphatic carbocycles. The van der Waals surface area contributed by atoms with Crippen molar-refractivity contribution in [2.24, 2.45) is 0 Å². The fraction of sp³-hybridized carbons (Fsp3) is 0.417. The van der Waals surface area contributed by atoms with Crippen molar-refractivity contribution in [2.75, 3.05) is 38.7 Å². The molecule has 2 aromatic rings. The van der Waals surface area contributed by atoms with E-state index >= 15 is 0 Å². The van der Waals surface area contributed by atoms with Crippen molar-refractivity contribution >= 4 is 21.6 Å². The van der Waals surface area contributed by atoms with E-state index in [9.17, 15) is 13.2 Å². The molecule has 0 aromatic heterocycles. The van der Waals surface area contributed by atoms with Crippen LogP contribution in [0.3, 0.4) is 0 Å². The normalized spacial score (nSPS) is 13.8. The first kappa shape index (κ1) is 25.3. The number of carbonyl (C=O) groups excluding carboxylic acids is 1. The number of hydrogen-bond acceptors (Lipinski definition) is 7. The zero-order valence-electron chi connectivity index (χ0n) is 19.4. The van der Waals surface area contributed by atoms with Gasteiger partial charge in [-0.05, 0) is 56.5 Å². The summed E-state index contributed by atoms with van der Waals surface area (Å²) in [6.45, 7) is 3.35. The second-order valence-corrected chi connectivity index (χ2v) is 9.59. The molecule has 1 N–H and O–H groups in total. The number of sulfonamides is 1. The molecule has 1 aliphatic rings. The number of nitrogens with zero attached hydrogens (tertiary/aromatic N) is 2. The van der Waals surface area contributed by atoms with Crippen molar-refractivity contribution in [2.45, 2.75) is 37.5 Å². The number of benzene rings is 2. The van der Waals surface area contributed by atoms with Gasteiger partial charge in [0.1, 0.15) is 10.6 Å². The van der Waals surface area contributed by atoms with E-state index in [4.69, 9.17) is 19.5 Å². The summed E-state index contributed by atoms with van der Waals surface area (Å²) in [5.74, 6) is 0.955. The molecule has 1 saturated heterocycles. The van der Waals surface area contributed by atoms with E-state index in [0.29, 0.717) is 48.9 Å². The number of carbonyl (C=O) groups is 1.